The van der Waals surface area contributed by atoms with Crippen molar-refractivity contribution in [2.45, 2.75) is 39.5 Å². The van der Waals surface area contributed by atoms with E-state index in [2.05, 4.69) is 11.8 Å². The second-order valence-electron chi connectivity index (χ2n) is 5.71. The number of nitrogens with zero attached hydrogens (tertiary/aromatic N) is 2. The van der Waals surface area contributed by atoms with E-state index in [-0.39, 0.29) is 16.4 Å². The van der Waals surface area contributed by atoms with E-state index in [0.717, 1.165) is 25.9 Å². The molecule has 1 aromatic rings. The highest BCUT2D eigenvalue weighted by Gasteiger charge is 2.23. The van der Waals surface area contributed by atoms with E-state index in [1.165, 1.54) is 25.8 Å². The minimum Gasteiger partial charge on any atom is -0.366 e. The van der Waals surface area contributed by atoms with E-state index in [9.17, 15) is 14.9 Å². The van der Waals surface area contributed by atoms with Gasteiger partial charge in [-0.15, -0.1) is 0 Å². The van der Waals surface area contributed by atoms with Gasteiger partial charge < -0.3 is 4.90 Å². The number of nitro groups is 1. The Morgan fingerprint density at radius 3 is 2.76 bits per heavy atom. The molecular weight excluding hydrogens is 268 g/mol. The summed E-state index contributed by atoms with van der Waals surface area (Å²) in [6.07, 6.45) is 4.48. The highest BCUT2D eigenvalue weighted by Crippen LogP contribution is 2.32. The van der Waals surface area contributed by atoms with E-state index in [0.29, 0.717) is 17.2 Å². The van der Waals surface area contributed by atoms with Gasteiger partial charge in [0, 0.05) is 24.7 Å². The Labute approximate surface area is 125 Å². The normalized spacial score (nSPS) is 19.1. The number of benzene rings is 1. The van der Waals surface area contributed by atoms with E-state index < -0.39 is 0 Å². The van der Waals surface area contributed by atoms with E-state index in [1.807, 2.05) is 0 Å². The first-order chi connectivity index (χ1) is 10.0. The molecule has 0 radical (unpaired) electrons. The van der Waals surface area contributed by atoms with Crippen molar-refractivity contribution >= 4 is 17.2 Å². The number of hydrogen-bond acceptors (Lipinski definition) is 4. The fraction of sp³-hybridized carbons (Fsp3) is 0.562. The largest absolute Gasteiger partial charge is 0.366 e. The zero-order valence-corrected chi connectivity index (χ0v) is 12.7. The van der Waals surface area contributed by atoms with Gasteiger partial charge in [0.1, 0.15) is 5.69 Å². The summed E-state index contributed by atoms with van der Waals surface area (Å²) >= 11 is 0. The first-order valence-electron chi connectivity index (χ1n) is 7.57. The van der Waals surface area contributed by atoms with Crippen LogP contribution in [0.15, 0.2) is 18.2 Å². The van der Waals surface area contributed by atoms with Gasteiger partial charge in [-0.3, -0.25) is 14.9 Å². The van der Waals surface area contributed by atoms with Gasteiger partial charge in [0.05, 0.1) is 4.92 Å². The Hall–Kier alpha value is -1.91. The summed E-state index contributed by atoms with van der Waals surface area (Å²) in [7, 11) is 0. The third kappa shape index (κ3) is 3.60. The molecular formula is C16H22N2O3. The maximum atomic E-state index is 11.4. The Bertz CT molecular complexity index is 542. The summed E-state index contributed by atoms with van der Waals surface area (Å²) in [5.41, 5.74) is 1.08. The van der Waals surface area contributed by atoms with Crippen molar-refractivity contribution in [1.29, 1.82) is 0 Å². The Morgan fingerprint density at radius 1 is 1.38 bits per heavy atom. The van der Waals surface area contributed by atoms with Gasteiger partial charge in [0.25, 0.3) is 5.69 Å². The van der Waals surface area contributed by atoms with Crippen LogP contribution < -0.4 is 4.90 Å². The number of hydrogen-bond donors (Lipinski definition) is 0. The molecule has 0 bridgehead atoms. The van der Waals surface area contributed by atoms with Crippen molar-refractivity contribution in [3.05, 3.63) is 33.9 Å². The maximum absolute atomic E-state index is 11.4. The highest BCUT2D eigenvalue weighted by molar-refractivity contribution is 5.95. The van der Waals surface area contributed by atoms with Crippen molar-refractivity contribution in [3.63, 3.8) is 0 Å². The van der Waals surface area contributed by atoms with Gasteiger partial charge in [-0.1, -0.05) is 13.3 Å². The molecule has 0 saturated carbocycles. The Balaban J connectivity index is 2.30. The monoisotopic (exact) mass is 290 g/mol. The number of ketones is 1. The molecule has 114 valence electrons. The van der Waals surface area contributed by atoms with Gasteiger partial charge in [0.2, 0.25) is 0 Å². The molecule has 0 aromatic heterocycles. The summed E-state index contributed by atoms with van der Waals surface area (Å²) in [6.45, 7) is 5.32. The molecule has 5 nitrogen and oxygen atoms in total. The van der Waals surface area contributed by atoms with Gasteiger partial charge in [-0.2, -0.15) is 0 Å². The quantitative estimate of drug-likeness (QED) is 0.480. The smallest absolute Gasteiger partial charge is 0.293 e. The van der Waals surface area contributed by atoms with Crippen molar-refractivity contribution in [3.8, 4) is 0 Å². The van der Waals surface area contributed by atoms with Gasteiger partial charge in [-0.25, -0.2) is 0 Å². The Kier molecular flexibility index (Phi) is 4.94. The third-order valence-corrected chi connectivity index (χ3v) is 4.34. The Morgan fingerprint density at radius 2 is 2.14 bits per heavy atom. The summed E-state index contributed by atoms with van der Waals surface area (Å²) in [6, 6.07) is 4.81. The van der Waals surface area contributed by atoms with Crippen LogP contribution in [0.4, 0.5) is 11.4 Å². The van der Waals surface area contributed by atoms with Crippen LogP contribution in [-0.4, -0.2) is 23.8 Å². The first kappa shape index (κ1) is 15.5. The molecule has 0 aliphatic carbocycles. The lowest BCUT2D eigenvalue weighted by Gasteiger charge is -2.22. The van der Waals surface area contributed by atoms with Crippen molar-refractivity contribution < 1.29 is 9.72 Å². The minimum atomic E-state index is -0.385. The predicted octanol–water partition coefficient (Wildman–Crippen LogP) is 3.81. The van der Waals surface area contributed by atoms with Crippen LogP contribution in [0, 0.1) is 16.0 Å². The SMILES string of the molecule is CCC1CCCN(c2ccc(C(C)=O)cc2[N+](=O)[O-])CC1. The number of carbonyl (C=O) groups excluding carboxylic acids is 1. The number of carbonyl (C=O) groups is 1. The zero-order valence-electron chi connectivity index (χ0n) is 12.7. The van der Waals surface area contributed by atoms with E-state index in [1.54, 1.807) is 12.1 Å². The fourth-order valence-corrected chi connectivity index (χ4v) is 2.97. The first-order valence-corrected chi connectivity index (χ1v) is 7.57. The van der Waals surface area contributed by atoms with Crippen LogP contribution in [0.3, 0.4) is 0 Å². The lowest BCUT2D eigenvalue weighted by atomic mass is 9.98. The molecule has 0 spiro atoms. The van der Waals surface area contributed by atoms with Crippen LogP contribution in [0.5, 0.6) is 0 Å². The number of anilines is 1. The molecule has 0 N–H and O–H groups in total. The molecule has 1 saturated heterocycles. The molecule has 1 aliphatic rings. The molecule has 1 atom stereocenters. The molecule has 21 heavy (non-hydrogen) atoms. The van der Waals surface area contributed by atoms with Crippen LogP contribution in [-0.2, 0) is 0 Å². The van der Waals surface area contributed by atoms with E-state index >= 15 is 0 Å². The van der Waals surface area contributed by atoms with Gasteiger partial charge >= 0.3 is 0 Å². The molecule has 1 aromatic carbocycles. The number of Topliss-reactive ketones (excluding diaryl/α,β-unsaturated/α-hetero) is 1. The van der Waals surface area contributed by atoms with Crippen LogP contribution in [0.2, 0.25) is 0 Å². The lowest BCUT2D eigenvalue weighted by molar-refractivity contribution is -0.384. The average molecular weight is 290 g/mol. The molecule has 1 aliphatic heterocycles. The highest BCUT2D eigenvalue weighted by atomic mass is 16.6. The van der Waals surface area contributed by atoms with Crippen molar-refractivity contribution in [2.24, 2.45) is 5.92 Å². The topological polar surface area (TPSA) is 63.5 Å². The van der Waals surface area contributed by atoms with Gasteiger partial charge in [0.15, 0.2) is 5.78 Å². The second kappa shape index (κ2) is 6.70. The van der Waals surface area contributed by atoms with E-state index in [4.69, 9.17) is 0 Å². The summed E-state index contributed by atoms with van der Waals surface area (Å²) < 4.78 is 0. The van der Waals surface area contributed by atoms with Crippen molar-refractivity contribution in [2.75, 3.05) is 18.0 Å². The molecule has 1 heterocycles. The summed E-state index contributed by atoms with van der Waals surface area (Å²) in [5, 5.41) is 11.3. The van der Waals surface area contributed by atoms with Crippen molar-refractivity contribution in [1.82, 2.24) is 0 Å². The molecule has 2 rings (SSSR count). The average Bonchev–Trinajstić information content (AvgIpc) is 2.71. The maximum Gasteiger partial charge on any atom is 0.293 e. The molecule has 1 fully saturated rings. The fourth-order valence-electron chi connectivity index (χ4n) is 2.97. The van der Waals surface area contributed by atoms with Crippen LogP contribution >= 0.6 is 0 Å². The minimum absolute atomic E-state index is 0.0395. The van der Waals surface area contributed by atoms with Crippen LogP contribution in [0.1, 0.15) is 49.9 Å². The lowest BCUT2D eigenvalue weighted by Crippen LogP contribution is -2.25. The zero-order chi connectivity index (χ0) is 15.4. The molecule has 1 unspecified atom stereocenters. The second-order valence-corrected chi connectivity index (χ2v) is 5.71. The number of nitro benzene ring substituents is 1. The van der Waals surface area contributed by atoms with Crippen LogP contribution in [0.25, 0.3) is 0 Å². The number of rotatable bonds is 4. The summed E-state index contributed by atoms with van der Waals surface area (Å²) in [5.74, 6) is 0.567. The molecule has 0 amide bonds. The predicted molar refractivity (Wildman–Crippen MR) is 82.9 cm³/mol. The third-order valence-electron chi connectivity index (χ3n) is 4.34. The standard InChI is InChI=1S/C16H22N2O3/c1-3-13-5-4-9-17(10-8-13)15-7-6-14(12(2)19)11-16(15)18(20)21/h6-7,11,13H,3-5,8-10H2,1-2H3. The van der Waals surface area contributed by atoms with Gasteiger partial charge in [-0.05, 0) is 44.2 Å². The molecule has 5 heteroatoms. The summed E-state index contributed by atoms with van der Waals surface area (Å²) in [4.78, 5) is 24.4.